The highest BCUT2D eigenvalue weighted by Crippen LogP contribution is 2.25. The standard InChI is InChI=1S/C15H19NOS/c1-5-10-16-15(17)12(4)18-14-8-6-13(7-9-14)11(2)3/h1,6-9,11-12H,10H2,2-4H3,(H,16,17). The van der Waals surface area contributed by atoms with Crippen LogP contribution in [-0.4, -0.2) is 17.7 Å². The lowest BCUT2D eigenvalue weighted by molar-refractivity contribution is -0.120. The minimum absolute atomic E-state index is 0.0223. The maximum Gasteiger partial charge on any atom is 0.233 e. The van der Waals surface area contributed by atoms with Crippen molar-refractivity contribution in [1.29, 1.82) is 0 Å². The fourth-order valence-corrected chi connectivity index (χ4v) is 2.36. The van der Waals surface area contributed by atoms with Crippen LogP contribution in [-0.2, 0) is 4.79 Å². The molecule has 0 bridgehead atoms. The molecule has 0 radical (unpaired) electrons. The molecule has 0 aliphatic carbocycles. The SMILES string of the molecule is C#CCNC(=O)C(C)Sc1ccc(C(C)C)cc1. The molecule has 1 N–H and O–H groups in total. The van der Waals surface area contributed by atoms with E-state index in [2.05, 4.69) is 49.4 Å². The van der Waals surface area contributed by atoms with Crippen LogP contribution in [0.1, 0.15) is 32.3 Å². The van der Waals surface area contributed by atoms with Crippen molar-refractivity contribution in [2.75, 3.05) is 6.54 Å². The van der Waals surface area contributed by atoms with Crippen molar-refractivity contribution in [2.24, 2.45) is 0 Å². The summed E-state index contributed by atoms with van der Waals surface area (Å²) in [6.07, 6.45) is 5.10. The van der Waals surface area contributed by atoms with Crippen LogP contribution in [0, 0.1) is 12.3 Å². The normalized spacial score (nSPS) is 11.9. The van der Waals surface area contributed by atoms with Crippen molar-refractivity contribution in [1.82, 2.24) is 5.32 Å². The summed E-state index contributed by atoms with van der Waals surface area (Å²) >= 11 is 1.54. The molecule has 0 saturated carbocycles. The fourth-order valence-electron chi connectivity index (χ4n) is 1.47. The highest BCUT2D eigenvalue weighted by molar-refractivity contribution is 8.00. The van der Waals surface area contributed by atoms with Gasteiger partial charge in [-0.2, -0.15) is 0 Å². The van der Waals surface area contributed by atoms with Crippen molar-refractivity contribution < 1.29 is 4.79 Å². The van der Waals surface area contributed by atoms with E-state index in [1.54, 1.807) is 11.8 Å². The lowest BCUT2D eigenvalue weighted by Crippen LogP contribution is -2.30. The quantitative estimate of drug-likeness (QED) is 0.652. The Bertz CT molecular complexity index is 431. The van der Waals surface area contributed by atoms with Crippen LogP contribution >= 0.6 is 11.8 Å². The molecule has 0 heterocycles. The van der Waals surface area contributed by atoms with Gasteiger partial charge in [0.25, 0.3) is 0 Å². The summed E-state index contributed by atoms with van der Waals surface area (Å²) in [6, 6.07) is 8.34. The number of carbonyl (C=O) groups excluding carboxylic acids is 1. The molecule has 3 heteroatoms. The molecule has 2 nitrogen and oxygen atoms in total. The number of hydrogen-bond donors (Lipinski definition) is 1. The van der Waals surface area contributed by atoms with E-state index in [-0.39, 0.29) is 17.7 Å². The Balaban J connectivity index is 2.57. The van der Waals surface area contributed by atoms with Gasteiger partial charge in [-0.15, -0.1) is 18.2 Å². The lowest BCUT2D eigenvalue weighted by Gasteiger charge is -2.11. The average Bonchev–Trinajstić information content (AvgIpc) is 2.36. The number of amides is 1. The van der Waals surface area contributed by atoms with E-state index < -0.39 is 0 Å². The second kappa shape index (κ2) is 7.13. The maximum absolute atomic E-state index is 11.7. The van der Waals surface area contributed by atoms with E-state index in [1.807, 2.05) is 6.92 Å². The molecule has 0 spiro atoms. The van der Waals surface area contributed by atoms with Gasteiger partial charge < -0.3 is 5.32 Å². The van der Waals surface area contributed by atoms with Crippen LogP contribution in [0.4, 0.5) is 0 Å². The molecule has 1 atom stereocenters. The van der Waals surface area contributed by atoms with E-state index in [1.165, 1.54) is 5.56 Å². The third-order valence-electron chi connectivity index (χ3n) is 2.59. The van der Waals surface area contributed by atoms with Crippen LogP contribution in [0.5, 0.6) is 0 Å². The van der Waals surface area contributed by atoms with Gasteiger partial charge in [0.1, 0.15) is 0 Å². The molecule has 1 unspecified atom stereocenters. The predicted molar refractivity (Wildman–Crippen MR) is 77.7 cm³/mol. The van der Waals surface area contributed by atoms with Gasteiger partial charge in [0.2, 0.25) is 5.91 Å². The topological polar surface area (TPSA) is 29.1 Å². The van der Waals surface area contributed by atoms with Crippen LogP contribution in [0.3, 0.4) is 0 Å². The number of rotatable bonds is 5. The summed E-state index contributed by atoms with van der Waals surface area (Å²) in [6.45, 7) is 6.50. The summed E-state index contributed by atoms with van der Waals surface area (Å²) in [5.74, 6) is 2.90. The maximum atomic E-state index is 11.7. The van der Waals surface area contributed by atoms with Crippen molar-refractivity contribution in [2.45, 2.75) is 36.8 Å². The molecule has 0 aliphatic heterocycles. The van der Waals surface area contributed by atoms with Crippen molar-refractivity contribution >= 4 is 17.7 Å². The number of nitrogens with one attached hydrogen (secondary N) is 1. The van der Waals surface area contributed by atoms with Gasteiger partial charge in [0.05, 0.1) is 11.8 Å². The molecule has 0 aromatic heterocycles. The molecule has 0 fully saturated rings. The van der Waals surface area contributed by atoms with Gasteiger partial charge >= 0.3 is 0 Å². The smallest absolute Gasteiger partial charge is 0.233 e. The van der Waals surface area contributed by atoms with Gasteiger partial charge in [0, 0.05) is 4.90 Å². The molecule has 96 valence electrons. The molecule has 1 aromatic rings. The molecule has 1 amide bonds. The Morgan fingerprint density at radius 2 is 1.94 bits per heavy atom. The minimum atomic E-state index is -0.136. The zero-order chi connectivity index (χ0) is 13.5. The van der Waals surface area contributed by atoms with E-state index in [0.29, 0.717) is 5.92 Å². The van der Waals surface area contributed by atoms with E-state index >= 15 is 0 Å². The first-order chi connectivity index (χ1) is 8.54. The third-order valence-corrected chi connectivity index (χ3v) is 3.71. The van der Waals surface area contributed by atoms with E-state index in [4.69, 9.17) is 6.42 Å². The Hall–Kier alpha value is -1.40. The van der Waals surface area contributed by atoms with Gasteiger partial charge in [-0.1, -0.05) is 31.9 Å². The largest absolute Gasteiger partial charge is 0.344 e. The highest BCUT2D eigenvalue weighted by atomic mass is 32.2. The molecular formula is C15H19NOS. The first kappa shape index (κ1) is 14.7. The second-order valence-corrected chi connectivity index (χ2v) is 5.82. The van der Waals surface area contributed by atoms with Crippen LogP contribution in [0.25, 0.3) is 0 Å². The Labute approximate surface area is 114 Å². The first-order valence-corrected chi connectivity index (χ1v) is 6.90. The van der Waals surface area contributed by atoms with E-state index in [9.17, 15) is 4.79 Å². The summed E-state index contributed by atoms with van der Waals surface area (Å²) in [5.41, 5.74) is 1.31. The second-order valence-electron chi connectivity index (χ2n) is 4.41. The number of benzene rings is 1. The lowest BCUT2D eigenvalue weighted by atomic mass is 10.0. The molecule has 0 saturated heterocycles. The average molecular weight is 261 g/mol. The molecule has 1 aromatic carbocycles. The monoisotopic (exact) mass is 261 g/mol. The van der Waals surface area contributed by atoms with Crippen LogP contribution < -0.4 is 5.32 Å². The van der Waals surface area contributed by atoms with E-state index in [0.717, 1.165) is 4.90 Å². The Morgan fingerprint density at radius 1 is 1.33 bits per heavy atom. The molecule has 0 aliphatic rings. The summed E-state index contributed by atoms with van der Waals surface area (Å²) in [5, 5.41) is 2.55. The van der Waals surface area contributed by atoms with Crippen LogP contribution in [0.2, 0.25) is 0 Å². The number of carbonyl (C=O) groups is 1. The van der Waals surface area contributed by atoms with Crippen molar-refractivity contribution in [3.8, 4) is 12.3 Å². The van der Waals surface area contributed by atoms with Crippen molar-refractivity contribution in [3.63, 3.8) is 0 Å². The summed E-state index contributed by atoms with van der Waals surface area (Å²) in [4.78, 5) is 12.8. The van der Waals surface area contributed by atoms with Gasteiger partial charge in [-0.3, -0.25) is 4.79 Å². The minimum Gasteiger partial charge on any atom is -0.344 e. The highest BCUT2D eigenvalue weighted by Gasteiger charge is 2.13. The molecule has 18 heavy (non-hydrogen) atoms. The Morgan fingerprint density at radius 3 is 2.44 bits per heavy atom. The van der Waals surface area contributed by atoms with Crippen LogP contribution in [0.15, 0.2) is 29.2 Å². The fraction of sp³-hybridized carbons (Fsp3) is 0.400. The Kier molecular flexibility index (Phi) is 5.80. The third kappa shape index (κ3) is 4.46. The zero-order valence-electron chi connectivity index (χ0n) is 11.1. The predicted octanol–water partition coefficient (Wildman–Crippen LogP) is 3.04. The number of hydrogen-bond acceptors (Lipinski definition) is 2. The number of thioether (sulfide) groups is 1. The summed E-state index contributed by atoms with van der Waals surface area (Å²) < 4.78 is 0. The van der Waals surface area contributed by atoms with Gasteiger partial charge in [0.15, 0.2) is 0 Å². The first-order valence-electron chi connectivity index (χ1n) is 6.02. The summed E-state index contributed by atoms with van der Waals surface area (Å²) in [7, 11) is 0. The van der Waals surface area contributed by atoms with Crippen molar-refractivity contribution in [3.05, 3.63) is 29.8 Å². The molecular weight excluding hydrogens is 242 g/mol. The van der Waals surface area contributed by atoms with Gasteiger partial charge in [-0.25, -0.2) is 0 Å². The molecule has 1 rings (SSSR count). The van der Waals surface area contributed by atoms with Gasteiger partial charge in [-0.05, 0) is 30.5 Å². The number of terminal acetylenes is 1. The zero-order valence-corrected chi connectivity index (χ0v) is 11.9.